The highest BCUT2D eigenvalue weighted by Crippen LogP contribution is 2.46. The Labute approximate surface area is 209 Å². The van der Waals surface area contributed by atoms with E-state index in [1.54, 1.807) is 0 Å². The zero-order chi connectivity index (χ0) is 20.7. The molecule has 6 heteroatoms. The monoisotopic (exact) mass is 655 g/mol. The van der Waals surface area contributed by atoms with Crippen LogP contribution in [-0.4, -0.2) is 5.88 Å². The van der Waals surface area contributed by atoms with Crippen molar-refractivity contribution in [2.24, 2.45) is 0 Å². The van der Waals surface area contributed by atoms with E-state index in [1.807, 2.05) is 11.8 Å². The van der Waals surface area contributed by atoms with E-state index in [1.165, 1.54) is 38.5 Å². The van der Waals surface area contributed by atoms with Crippen LogP contribution in [0.2, 0.25) is 0 Å². The number of hydrogen-bond acceptors (Lipinski definition) is 2. The molecular formula is C23H17Br4NS. The molecule has 1 nitrogen and oxygen atoms in total. The molecule has 1 heterocycles. The summed E-state index contributed by atoms with van der Waals surface area (Å²) in [5.74, 6) is 0.923. The van der Waals surface area contributed by atoms with Gasteiger partial charge in [-0.3, -0.25) is 0 Å². The van der Waals surface area contributed by atoms with Gasteiger partial charge in [0.25, 0.3) is 0 Å². The van der Waals surface area contributed by atoms with E-state index in [2.05, 4.69) is 137 Å². The van der Waals surface area contributed by atoms with Crippen LogP contribution >= 0.6 is 75.5 Å². The summed E-state index contributed by atoms with van der Waals surface area (Å²) < 4.78 is 4.23. The number of anilines is 1. The smallest absolute Gasteiger partial charge is 0.0729 e. The number of allylic oxidation sites excluding steroid dienone is 2. The summed E-state index contributed by atoms with van der Waals surface area (Å²) in [4.78, 5) is 3.81. The summed E-state index contributed by atoms with van der Waals surface area (Å²) in [6, 6.07) is 19.4. The van der Waals surface area contributed by atoms with Crippen LogP contribution in [0.15, 0.2) is 83.1 Å². The zero-order valence-electron chi connectivity index (χ0n) is 15.8. The van der Waals surface area contributed by atoms with Gasteiger partial charge < -0.3 is 4.90 Å². The molecule has 0 spiro atoms. The lowest BCUT2D eigenvalue weighted by molar-refractivity contribution is 1.08. The minimum Gasteiger partial charge on any atom is -0.334 e. The molecule has 1 aliphatic heterocycles. The van der Waals surface area contributed by atoms with E-state index >= 15 is 0 Å². The Morgan fingerprint density at radius 2 is 1.17 bits per heavy atom. The summed E-state index contributed by atoms with van der Waals surface area (Å²) in [7, 11) is 0. The van der Waals surface area contributed by atoms with Crippen LogP contribution in [0.4, 0.5) is 5.69 Å². The van der Waals surface area contributed by atoms with Gasteiger partial charge in [-0.2, -0.15) is 0 Å². The second-order valence-corrected chi connectivity index (χ2v) is 11.7. The topological polar surface area (TPSA) is 3.24 Å². The third-order valence-electron chi connectivity index (χ3n) is 4.98. The first-order valence-electron chi connectivity index (χ1n) is 8.97. The number of benzene rings is 3. The molecular weight excluding hydrogens is 642 g/mol. The predicted molar refractivity (Wildman–Crippen MR) is 141 cm³/mol. The van der Waals surface area contributed by atoms with E-state index in [0.29, 0.717) is 0 Å². The van der Waals surface area contributed by atoms with Crippen molar-refractivity contribution in [2.45, 2.75) is 13.8 Å². The van der Waals surface area contributed by atoms with Crippen molar-refractivity contribution >= 4 is 81.2 Å². The highest BCUT2D eigenvalue weighted by atomic mass is 79.9. The van der Waals surface area contributed by atoms with Gasteiger partial charge in [-0.25, -0.2) is 0 Å². The largest absolute Gasteiger partial charge is 0.334 e. The molecule has 0 fully saturated rings. The van der Waals surface area contributed by atoms with E-state index in [9.17, 15) is 0 Å². The van der Waals surface area contributed by atoms with E-state index < -0.39 is 0 Å². The zero-order valence-corrected chi connectivity index (χ0v) is 22.9. The average molecular weight is 659 g/mol. The molecule has 148 valence electrons. The van der Waals surface area contributed by atoms with Crippen molar-refractivity contribution in [3.05, 3.63) is 83.1 Å². The lowest BCUT2D eigenvalue weighted by atomic mass is 9.95. The Morgan fingerprint density at radius 3 is 1.55 bits per heavy atom. The maximum Gasteiger partial charge on any atom is 0.0729 e. The molecule has 0 aromatic heterocycles. The van der Waals surface area contributed by atoms with Crippen LogP contribution in [0.25, 0.3) is 22.3 Å². The van der Waals surface area contributed by atoms with Crippen LogP contribution in [0.3, 0.4) is 0 Å². The number of thioether (sulfide) groups is 1. The summed E-state index contributed by atoms with van der Waals surface area (Å²) in [5.41, 5.74) is 7.35. The van der Waals surface area contributed by atoms with Gasteiger partial charge in [-0.05, 0) is 61.4 Å². The molecule has 0 bridgehead atoms. The van der Waals surface area contributed by atoms with Crippen LogP contribution in [0.5, 0.6) is 0 Å². The van der Waals surface area contributed by atoms with Gasteiger partial charge in [0, 0.05) is 39.6 Å². The standard InChI is InChI=1S/C23H17Br4NS/c1-13-14(2)29-12-28(13)23-21(15-6-17(24)10-18(25)7-15)4-3-5-22(23)16-8-19(26)11-20(27)9-16/h3-11H,12H2,1-2H3. The van der Waals surface area contributed by atoms with Crippen molar-refractivity contribution in [2.75, 3.05) is 10.8 Å². The normalized spacial score (nSPS) is 14.1. The average Bonchev–Trinajstić information content (AvgIpc) is 2.98. The molecule has 0 N–H and O–H groups in total. The SMILES string of the molecule is CC1=C(C)N(c2c(-c3cc(Br)cc(Br)c3)cccc2-c2cc(Br)cc(Br)c2)CS1. The van der Waals surface area contributed by atoms with Crippen LogP contribution in [-0.2, 0) is 0 Å². The summed E-state index contributed by atoms with van der Waals surface area (Å²) in [5, 5.41) is 0. The van der Waals surface area contributed by atoms with Crippen LogP contribution in [0, 0.1) is 0 Å². The van der Waals surface area contributed by atoms with Crippen LogP contribution < -0.4 is 4.90 Å². The molecule has 29 heavy (non-hydrogen) atoms. The van der Waals surface area contributed by atoms with Gasteiger partial charge in [-0.1, -0.05) is 81.9 Å². The molecule has 1 aliphatic rings. The number of rotatable bonds is 3. The van der Waals surface area contributed by atoms with Crippen molar-refractivity contribution < 1.29 is 0 Å². The van der Waals surface area contributed by atoms with Crippen molar-refractivity contribution in [1.82, 2.24) is 0 Å². The molecule has 3 aromatic rings. The first kappa shape index (κ1) is 21.7. The second-order valence-electron chi connectivity index (χ2n) is 6.86. The maximum atomic E-state index is 3.65. The molecule has 4 rings (SSSR count). The van der Waals surface area contributed by atoms with Crippen LogP contribution in [0.1, 0.15) is 13.8 Å². The fraction of sp³-hybridized carbons (Fsp3) is 0.130. The van der Waals surface area contributed by atoms with Crippen molar-refractivity contribution in [1.29, 1.82) is 0 Å². The number of hydrogen-bond donors (Lipinski definition) is 0. The minimum absolute atomic E-state index is 0.923. The quantitative estimate of drug-likeness (QED) is 0.276. The molecule has 0 atom stereocenters. The van der Waals surface area contributed by atoms with Gasteiger partial charge in [0.05, 0.1) is 11.6 Å². The first-order valence-corrected chi connectivity index (χ1v) is 13.1. The molecule has 0 aliphatic carbocycles. The molecule has 0 amide bonds. The Morgan fingerprint density at radius 1 is 0.724 bits per heavy atom. The van der Waals surface area contributed by atoms with Crippen molar-refractivity contribution in [3.8, 4) is 22.3 Å². The predicted octanol–water partition coefficient (Wildman–Crippen LogP) is 9.83. The number of nitrogens with zero attached hydrogens (tertiary/aromatic N) is 1. The fourth-order valence-electron chi connectivity index (χ4n) is 3.50. The summed E-state index contributed by atoms with van der Waals surface area (Å²) in [6.07, 6.45) is 0. The Hall–Kier alpha value is -0.530. The number of para-hydroxylation sites is 1. The second kappa shape index (κ2) is 8.91. The van der Waals surface area contributed by atoms with Gasteiger partial charge in [0.1, 0.15) is 0 Å². The van der Waals surface area contributed by atoms with Gasteiger partial charge in [-0.15, -0.1) is 11.8 Å². The highest BCUT2D eigenvalue weighted by Gasteiger charge is 2.25. The molecule has 0 unspecified atom stereocenters. The third kappa shape index (κ3) is 4.57. The summed E-state index contributed by atoms with van der Waals surface area (Å²) >= 11 is 16.5. The lowest BCUT2D eigenvalue weighted by Crippen LogP contribution is -2.18. The third-order valence-corrected chi connectivity index (χ3v) is 7.92. The van der Waals surface area contributed by atoms with Gasteiger partial charge in [0.2, 0.25) is 0 Å². The van der Waals surface area contributed by atoms with E-state index in [4.69, 9.17) is 0 Å². The summed E-state index contributed by atoms with van der Waals surface area (Å²) in [6.45, 7) is 4.41. The lowest BCUT2D eigenvalue weighted by Gasteiger charge is -2.27. The molecule has 0 saturated heterocycles. The Bertz CT molecular complexity index is 1030. The maximum absolute atomic E-state index is 3.65. The van der Waals surface area contributed by atoms with Crippen molar-refractivity contribution in [3.63, 3.8) is 0 Å². The first-order chi connectivity index (χ1) is 13.8. The fourth-order valence-corrected chi connectivity index (χ4v) is 7.06. The Balaban J connectivity index is 2.02. The van der Waals surface area contributed by atoms with Gasteiger partial charge in [0.15, 0.2) is 0 Å². The molecule has 3 aromatic carbocycles. The number of halogens is 4. The highest BCUT2D eigenvalue weighted by molar-refractivity contribution is 9.11. The molecule has 0 radical (unpaired) electrons. The van der Waals surface area contributed by atoms with E-state index in [-0.39, 0.29) is 0 Å². The van der Waals surface area contributed by atoms with E-state index in [0.717, 1.165) is 23.8 Å². The molecule has 0 saturated carbocycles. The Kier molecular flexibility index (Phi) is 6.67. The van der Waals surface area contributed by atoms with Gasteiger partial charge >= 0.3 is 0 Å². The minimum atomic E-state index is 0.923.